The summed E-state index contributed by atoms with van der Waals surface area (Å²) in [5, 5.41) is 0.233. The van der Waals surface area contributed by atoms with Crippen LogP contribution in [0, 0.1) is 41.5 Å². The second-order valence-electron chi connectivity index (χ2n) is 9.58. The van der Waals surface area contributed by atoms with Gasteiger partial charge in [-0.05, 0) is 63.8 Å². The first kappa shape index (κ1) is 22.5. The molecule has 0 fully saturated rings. The van der Waals surface area contributed by atoms with Crippen molar-refractivity contribution in [3.05, 3.63) is 68.8 Å². The van der Waals surface area contributed by atoms with Crippen LogP contribution < -0.4 is 0 Å². The van der Waals surface area contributed by atoms with Crippen molar-refractivity contribution in [2.75, 3.05) is 0 Å². The molecule has 0 unspecified atom stereocenters. The second kappa shape index (κ2) is 7.56. The van der Waals surface area contributed by atoms with E-state index in [1.54, 1.807) is 0 Å². The monoisotopic (exact) mass is 410 g/mol. The maximum atomic E-state index is 14.0. The van der Waals surface area contributed by atoms with E-state index >= 15 is 0 Å². The molecular formula is C24H34O2Si2. The van der Waals surface area contributed by atoms with Crippen molar-refractivity contribution in [1.82, 2.24) is 0 Å². The second-order valence-corrected chi connectivity index (χ2v) is 24.7. The van der Waals surface area contributed by atoms with E-state index in [2.05, 4.69) is 43.9 Å². The van der Waals surface area contributed by atoms with E-state index in [1.807, 2.05) is 48.1 Å². The Morgan fingerprint density at radius 2 is 0.821 bits per heavy atom. The zero-order valence-corrected chi connectivity index (χ0v) is 21.1. The Balaban J connectivity index is 2.77. The van der Waals surface area contributed by atoms with E-state index < -0.39 is 15.2 Å². The van der Waals surface area contributed by atoms with Crippen LogP contribution >= 0.6 is 0 Å². The van der Waals surface area contributed by atoms with Gasteiger partial charge in [-0.1, -0.05) is 61.6 Å². The largest absolute Gasteiger partial charge is 0.300 e. The lowest BCUT2D eigenvalue weighted by molar-refractivity contribution is 0.102. The average molecular weight is 411 g/mol. The van der Waals surface area contributed by atoms with Crippen molar-refractivity contribution in [3.63, 3.8) is 0 Å². The van der Waals surface area contributed by atoms with Gasteiger partial charge in [0.2, 0.25) is 7.59 Å². The average Bonchev–Trinajstić information content (AvgIpc) is 2.50. The fourth-order valence-corrected chi connectivity index (χ4v) is 12.6. The molecule has 0 bridgehead atoms. The summed E-state index contributed by atoms with van der Waals surface area (Å²) < 4.78 is 0. The maximum absolute atomic E-state index is 14.0. The summed E-state index contributed by atoms with van der Waals surface area (Å²) in [5.41, 5.74) is 7.82. The molecule has 4 heteroatoms. The quantitative estimate of drug-likeness (QED) is 0.552. The van der Waals surface area contributed by atoms with Crippen LogP contribution in [0.5, 0.6) is 0 Å². The topological polar surface area (TPSA) is 34.1 Å². The molecular weight excluding hydrogens is 376 g/mol. The Kier molecular flexibility index (Phi) is 6.08. The molecule has 0 amide bonds. The van der Waals surface area contributed by atoms with Crippen molar-refractivity contribution < 1.29 is 9.59 Å². The first-order chi connectivity index (χ1) is 12.7. The zero-order valence-electron chi connectivity index (χ0n) is 19.1. The van der Waals surface area contributed by atoms with Crippen molar-refractivity contribution in [2.45, 2.75) is 67.7 Å². The predicted octanol–water partition coefficient (Wildman–Crippen LogP) is 6.18. The van der Waals surface area contributed by atoms with Crippen LogP contribution in [0.15, 0.2) is 24.3 Å². The van der Waals surface area contributed by atoms with Crippen LogP contribution in [0.4, 0.5) is 0 Å². The third-order valence-electron chi connectivity index (χ3n) is 6.22. The van der Waals surface area contributed by atoms with Gasteiger partial charge in [-0.2, -0.15) is 0 Å². The molecule has 2 nitrogen and oxygen atoms in total. The van der Waals surface area contributed by atoms with Crippen molar-refractivity contribution in [1.29, 1.82) is 0 Å². The molecule has 2 rings (SSSR count). The van der Waals surface area contributed by atoms with Gasteiger partial charge in [0.15, 0.2) is 0 Å². The molecule has 0 aliphatic heterocycles. The summed E-state index contributed by atoms with van der Waals surface area (Å²) in [5.74, 6) is 0. The molecule has 0 radical (unpaired) electrons. The third kappa shape index (κ3) is 3.72. The number of benzene rings is 2. The molecule has 0 atom stereocenters. The van der Waals surface area contributed by atoms with Crippen molar-refractivity contribution >= 4 is 26.0 Å². The molecule has 2 aromatic rings. The molecule has 28 heavy (non-hydrogen) atoms. The van der Waals surface area contributed by atoms with Gasteiger partial charge in [0.05, 0.1) is 7.59 Å². The first-order valence-electron chi connectivity index (χ1n) is 9.97. The molecule has 0 aliphatic rings. The minimum atomic E-state index is -2.94. The molecule has 150 valence electrons. The standard InChI is InChI=1S/C24H34O2Si2/c1-15-11-17(3)21(18(4)12-15)23(25)28(10,27(7,8)9)24(26)22-19(5)13-16(2)14-20(22)6/h11-14H,1-10H3. The molecule has 0 spiro atoms. The van der Waals surface area contributed by atoms with Gasteiger partial charge in [0.25, 0.3) is 0 Å². The first-order valence-corrected chi connectivity index (χ1v) is 17.0. The lowest BCUT2D eigenvalue weighted by atomic mass is 10.0. The summed E-state index contributed by atoms with van der Waals surface area (Å²) >= 11 is 0. The summed E-state index contributed by atoms with van der Waals surface area (Å²) in [6.45, 7) is 20.7. The highest BCUT2D eigenvalue weighted by molar-refractivity contribution is 7.63. The van der Waals surface area contributed by atoms with E-state index in [0.29, 0.717) is 0 Å². The summed E-state index contributed by atoms with van der Waals surface area (Å²) in [4.78, 5) is 28.1. The Bertz CT molecular complexity index is 850. The van der Waals surface area contributed by atoms with Crippen molar-refractivity contribution in [3.8, 4) is 0 Å². The molecule has 0 N–H and O–H groups in total. The SMILES string of the molecule is Cc1cc(C)c(C(=O)[Si](C)(C(=O)c2c(C)cc(C)cc2C)[Si](C)(C)C)c(C)c1. The van der Waals surface area contributed by atoms with Gasteiger partial charge in [-0.25, -0.2) is 0 Å². The molecule has 0 aromatic heterocycles. The normalized spacial score (nSPS) is 12.2. The lowest BCUT2D eigenvalue weighted by Gasteiger charge is -2.37. The van der Waals surface area contributed by atoms with Crippen LogP contribution in [0.1, 0.15) is 54.1 Å². The van der Waals surface area contributed by atoms with E-state index in [0.717, 1.165) is 44.5 Å². The van der Waals surface area contributed by atoms with Crippen molar-refractivity contribution in [2.24, 2.45) is 0 Å². The minimum Gasteiger partial charge on any atom is -0.300 e. The van der Waals surface area contributed by atoms with Crippen LogP contribution in [0.2, 0.25) is 26.2 Å². The number of hydrogen-bond acceptors (Lipinski definition) is 2. The van der Waals surface area contributed by atoms with Crippen LogP contribution in [-0.4, -0.2) is 26.0 Å². The lowest BCUT2D eigenvalue weighted by Crippen LogP contribution is -2.67. The number of rotatable bonds is 5. The maximum Gasteiger partial charge on any atom is 0.208 e. The number of aryl methyl sites for hydroxylation is 6. The van der Waals surface area contributed by atoms with Gasteiger partial charge in [-0.3, -0.25) is 9.59 Å². The predicted molar refractivity (Wildman–Crippen MR) is 125 cm³/mol. The highest BCUT2D eigenvalue weighted by Gasteiger charge is 2.55. The van der Waals surface area contributed by atoms with Gasteiger partial charge in [0.1, 0.15) is 10.8 Å². The fourth-order valence-electron chi connectivity index (χ4n) is 4.36. The number of hydrogen-bond donors (Lipinski definition) is 0. The van der Waals surface area contributed by atoms with E-state index in [-0.39, 0.29) is 10.8 Å². The molecule has 2 aromatic carbocycles. The zero-order chi connectivity index (χ0) is 21.6. The Morgan fingerprint density at radius 3 is 1.04 bits per heavy atom. The smallest absolute Gasteiger partial charge is 0.208 e. The summed E-state index contributed by atoms with van der Waals surface area (Å²) in [6, 6.07) is 8.25. The van der Waals surface area contributed by atoms with Gasteiger partial charge < -0.3 is 0 Å². The van der Waals surface area contributed by atoms with E-state index in [9.17, 15) is 9.59 Å². The van der Waals surface area contributed by atoms with Gasteiger partial charge >= 0.3 is 0 Å². The molecule has 0 aliphatic carbocycles. The Morgan fingerprint density at radius 1 is 0.571 bits per heavy atom. The fraction of sp³-hybridized carbons (Fsp3) is 0.417. The highest BCUT2D eigenvalue weighted by Crippen LogP contribution is 2.32. The van der Waals surface area contributed by atoms with Crippen LogP contribution in [0.3, 0.4) is 0 Å². The molecule has 0 saturated heterocycles. The van der Waals surface area contributed by atoms with E-state index in [4.69, 9.17) is 0 Å². The number of carbonyl (C=O) groups excluding carboxylic acids is 2. The summed E-state index contributed by atoms with van der Waals surface area (Å²) in [7, 11) is -5.02. The van der Waals surface area contributed by atoms with E-state index in [1.165, 1.54) is 0 Å². The highest BCUT2D eigenvalue weighted by atomic mass is 29.3. The van der Waals surface area contributed by atoms with Gasteiger partial charge in [-0.15, -0.1) is 0 Å². The Hall–Kier alpha value is -1.79. The third-order valence-corrected chi connectivity index (χ3v) is 21.9. The molecule has 0 heterocycles. The van der Waals surface area contributed by atoms with Crippen LogP contribution in [0.25, 0.3) is 0 Å². The molecule has 0 saturated carbocycles. The minimum absolute atomic E-state index is 0.117. The Labute approximate surface area is 172 Å². The van der Waals surface area contributed by atoms with Gasteiger partial charge in [0, 0.05) is 11.1 Å². The number of carbonyl (C=O) groups is 2. The van der Waals surface area contributed by atoms with Crippen LogP contribution in [-0.2, 0) is 0 Å². The summed E-state index contributed by atoms with van der Waals surface area (Å²) in [6.07, 6.45) is 0.